The van der Waals surface area contributed by atoms with Gasteiger partial charge in [-0.1, -0.05) is 24.3 Å². The number of rotatable bonds is 4. The number of hydrogen-bond donors (Lipinski definition) is 2. The molecule has 154 valence electrons. The maximum Gasteiger partial charge on any atom is 0.416 e. The molecule has 2 N–H and O–H groups in total. The minimum atomic E-state index is -4.55. The van der Waals surface area contributed by atoms with E-state index in [2.05, 4.69) is 15.6 Å². The molecular formula is C22H18F3N3O2. The van der Waals surface area contributed by atoms with Crippen LogP contribution in [0.3, 0.4) is 0 Å². The quantitative estimate of drug-likeness (QED) is 0.616. The first-order valence-electron chi connectivity index (χ1n) is 8.97. The molecule has 0 saturated heterocycles. The van der Waals surface area contributed by atoms with Gasteiger partial charge in [-0.15, -0.1) is 0 Å². The molecule has 0 aliphatic rings. The SMILES string of the molecule is Cc1ccc(C(F)(F)F)cc1C(=O)Nc1cnc(C)c(NC(=O)c2ccccc2)c1. The number of carbonyl (C=O) groups is 2. The van der Waals surface area contributed by atoms with E-state index in [1.807, 2.05) is 0 Å². The third-order valence-electron chi connectivity index (χ3n) is 4.44. The van der Waals surface area contributed by atoms with Crippen molar-refractivity contribution in [1.82, 2.24) is 4.98 Å². The van der Waals surface area contributed by atoms with Crippen LogP contribution in [0.2, 0.25) is 0 Å². The van der Waals surface area contributed by atoms with Crippen molar-refractivity contribution < 1.29 is 22.8 Å². The molecule has 0 unspecified atom stereocenters. The highest BCUT2D eigenvalue weighted by molar-refractivity contribution is 6.07. The average Bonchev–Trinajstić information content (AvgIpc) is 2.70. The van der Waals surface area contributed by atoms with Gasteiger partial charge in [0.2, 0.25) is 0 Å². The highest BCUT2D eigenvalue weighted by Crippen LogP contribution is 2.31. The summed E-state index contributed by atoms with van der Waals surface area (Å²) in [6.07, 6.45) is -3.18. The number of pyridine rings is 1. The van der Waals surface area contributed by atoms with Gasteiger partial charge in [0, 0.05) is 11.1 Å². The van der Waals surface area contributed by atoms with Gasteiger partial charge in [0.1, 0.15) is 0 Å². The Morgan fingerprint density at radius 1 is 0.900 bits per heavy atom. The van der Waals surface area contributed by atoms with E-state index in [0.717, 1.165) is 12.1 Å². The molecule has 0 atom stereocenters. The van der Waals surface area contributed by atoms with Crippen LogP contribution in [0.25, 0.3) is 0 Å². The van der Waals surface area contributed by atoms with E-state index >= 15 is 0 Å². The maximum atomic E-state index is 13.0. The van der Waals surface area contributed by atoms with E-state index in [1.54, 1.807) is 44.2 Å². The standard InChI is InChI=1S/C22H18F3N3O2/c1-13-8-9-16(22(23,24)25)10-18(13)21(30)27-17-11-19(14(2)26-12-17)28-20(29)15-6-4-3-5-7-15/h3-12H,1-2H3,(H,27,30)(H,28,29). The predicted octanol–water partition coefficient (Wildman–Crippen LogP) is 5.22. The van der Waals surface area contributed by atoms with Gasteiger partial charge in [0.15, 0.2) is 0 Å². The molecule has 5 nitrogen and oxygen atoms in total. The van der Waals surface area contributed by atoms with Crippen molar-refractivity contribution in [3.63, 3.8) is 0 Å². The van der Waals surface area contributed by atoms with Gasteiger partial charge >= 0.3 is 6.18 Å². The van der Waals surface area contributed by atoms with Crippen LogP contribution in [0.15, 0.2) is 60.8 Å². The van der Waals surface area contributed by atoms with Gasteiger partial charge in [-0.05, 0) is 49.7 Å². The Labute approximate surface area is 171 Å². The van der Waals surface area contributed by atoms with E-state index in [0.29, 0.717) is 22.5 Å². The van der Waals surface area contributed by atoms with Crippen molar-refractivity contribution in [3.8, 4) is 0 Å². The summed E-state index contributed by atoms with van der Waals surface area (Å²) < 4.78 is 38.9. The molecule has 30 heavy (non-hydrogen) atoms. The van der Waals surface area contributed by atoms with E-state index < -0.39 is 17.6 Å². The molecular weight excluding hydrogens is 395 g/mol. The van der Waals surface area contributed by atoms with Crippen LogP contribution in [0.4, 0.5) is 24.5 Å². The first-order chi connectivity index (χ1) is 14.1. The van der Waals surface area contributed by atoms with Gasteiger partial charge in [-0.3, -0.25) is 14.6 Å². The third kappa shape index (κ3) is 4.83. The topological polar surface area (TPSA) is 71.1 Å². The van der Waals surface area contributed by atoms with Gasteiger partial charge in [-0.25, -0.2) is 0 Å². The van der Waals surface area contributed by atoms with Gasteiger partial charge in [-0.2, -0.15) is 13.2 Å². The second-order valence-corrected chi connectivity index (χ2v) is 6.66. The minimum Gasteiger partial charge on any atom is -0.321 e. The first-order valence-corrected chi connectivity index (χ1v) is 8.97. The molecule has 0 saturated carbocycles. The lowest BCUT2D eigenvalue weighted by molar-refractivity contribution is -0.137. The van der Waals surface area contributed by atoms with Crippen molar-refractivity contribution in [2.45, 2.75) is 20.0 Å². The lowest BCUT2D eigenvalue weighted by Gasteiger charge is -2.13. The molecule has 2 aromatic carbocycles. The molecule has 0 bridgehead atoms. The summed E-state index contributed by atoms with van der Waals surface area (Å²) in [4.78, 5) is 29.1. The van der Waals surface area contributed by atoms with Crippen molar-refractivity contribution in [3.05, 3.63) is 88.7 Å². The molecule has 0 radical (unpaired) electrons. The van der Waals surface area contributed by atoms with Gasteiger partial charge in [0.25, 0.3) is 11.8 Å². The number of halogens is 3. The monoisotopic (exact) mass is 413 g/mol. The maximum absolute atomic E-state index is 13.0. The lowest BCUT2D eigenvalue weighted by atomic mass is 10.0. The van der Waals surface area contributed by atoms with Crippen LogP contribution >= 0.6 is 0 Å². The number of nitrogens with zero attached hydrogens (tertiary/aromatic N) is 1. The molecule has 0 aliphatic carbocycles. The van der Waals surface area contributed by atoms with Crippen molar-refractivity contribution >= 4 is 23.2 Å². The zero-order valence-electron chi connectivity index (χ0n) is 16.2. The lowest BCUT2D eigenvalue weighted by Crippen LogP contribution is -2.17. The highest BCUT2D eigenvalue weighted by Gasteiger charge is 2.31. The third-order valence-corrected chi connectivity index (χ3v) is 4.44. The number of amides is 2. The number of nitrogens with one attached hydrogen (secondary N) is 2. The number of alkyl halides is 3. The normalized spacial score (nSPS) is 11.1. The zero-order valence-corrected chi connectivity index (χ0v) is 16.2. The van der Waals surface area contributed by atoms with Crippen LogP contribution in [-0.4, -0.2) is 16.8 Å². The first kappa shape index (κ1) is 21.0. The second-order valence-electron chi connectivity index (χ2n) is 6.66. The van der Waals surface area contributed by atoms with E-state index in [4.69, 9.17) is 0 Å². The molecule has 0 spiro atoms. The smallest absolute Gasteiger partial charge is 0.321 e. The van der Waals surface area contributed by atoms with Crippen LogP contribution in [-0.2, 0) is 6.18 Å². The van der Waals surface area contributed by atoms with Crippen LogP contribution in [0.1, 0.15) is 37.5 Å². The summed E-state index contributed by atoms with van der Waals surface area (Å²) >= 11 is 0. The van der Waals surface area contributed by atoms with E-state index in [1.165, 1.54) is 18.3 Å². The van der Waals surface area contributed by atoms with Crippen LogP contribution in [0.5, 0.6) is 0 Å². The molecule has 3 aromatic rings. The minimum absolute atomic E-state index is 0.0970. The summed E-state index contributed by atoms with van der Waals surface area (Å²) in [6.45, 7) is 3.23. The van der Waals surface area contributed by atoms with E-state index in [-0.39, 0.29) is 17.2 Å². The molecule has 0 fully saturated rings. The fourth-order valence-electron chi connectivity index (χ4n) is 2.75. The fraction of sp³-hybridized carbons (Fsp3) is 0.136. The molecule has 1 heterocycles. The molecule has 8 heteroatoms. The van der Waals surface area contributed by atoms with Gasteiger partial charge in [0.05, 0.1) is 28.8 Å². The Kier molecular flexibility index (Phi) is 5.86. The van der Waals surface area contributed by atoms with Crippen LogP contribution < -0.4 is 10.6 Å². The Balaban J connectivity index is 1.82. The average molecular weight is 413 g/mol. The van der Waals surface area contributed by atoms with Gasteiger partial charge < -0.3 is 10.6 Å². The second kappa shape index (κ2) is 8.36. The number of aryl methyl sites for hydroxylation is 2. The number of aromatic nitrogens is 1. The Morgan fingerprint density at radius 3 is 2.27 bits per heavy atom. The summed E-state index contributed by atoms with van der Waals surface area (Å²) in [6, 6.07) is 13.0. The molecule has 3 rings (SSSR count). The number of anilines is 2. The van der Waals surface area contributed by atoms with E-state index in [9.17, 15) is 22.8 Å². The Morgan fingerprint density at radius 2 is 1.60 bits per heavy atom. The number of benzene rings is 2. The molecule has 2 amide bonds. The number of hydrogen-bond acceptors (Lipinski definition) is 3. The summed E-state index contributed by atoms with van der Waals surface area (Å²) in [7, 11) is 0. The fourth-order valence-corrected chi connectivity index (χ4v) is 2.75. The largest absolute Gasteiger partial charge is 0.416 e. The highest BCUT2D eigenvalue weighted by atomic mass is 19.4. The molecule has 0 aliphatic heterocycles. The summed E-state index contributed by atoms with van der Waals surface area (Å²) in [5.74, 6) is -1.05. The predicted molar refractivity (Wildman–Crippen MR) is 108 cm³/mol. The van der Waals surface area contributed by atoms with Crippen molar-refractivity contribution in [2.75, 3.05) is 10.6 Å². The van der Waals surface area contributed by atoms with Crippen LogP contribution in [0, 0.1) is 13.8 Å². The number of carbonyl (C=O) groups excluding carboxylic acids is 2. The van der Waals surface area contributed by atoms with Crippen molar-refractivity contribution in [1.29, 1.82) is 0 Å². The van der Waals surface area contributed by atoms with Crippen molar-refractivity contribution in [2.24, 2.45) is 0 Å². The summed E-state index contributed by atoms with van der Waals surface area (Å²) in [5, 5.41) is 5.26. The molecule has 1 aromatic heterocycles. The summed E-state index contributed by atoms with van der Waals surface area (Å²) in [5.41, 5.74) is 0.987. The Bertz CT molecular complexity index is 1100. The zero-order chi connectivity index (χ0) is 21.9. The Hall–Kier alpha value is -3.68.